The van der Waals surface area contributed by atoms with Crippen molar-refractivity contribution in [3.63, 3.8) is 0 Å². The van der Waals surface area contributed by atoms with Gasteiger partial charge in [-0.1, -0.05) is 6.58 Å². The van der Waals surface area contributed by atoms with E-state index in [0.717, 1.165) is 36.1 Å². The molecule has 0 bridgehead atoms. The highest BCUT2D eigenvalue weighted by molar-refractivity contribution is 9.11. The average Bonchev–Trinajstić information content (AvgIpc) is 2.92. The van der Waals surface area contributed by atoms with Crippen LogP contribution >= 0.6 is 27.3 Å². The molecule has 2 amide bonds. The first-order valence-electron chi connectivity index (χ1n) is 7.55. The number of halogens is 1. The molecule has 1 fully saturated rings. The number of likely N-dealkylation sites (tertiary alicyclic amines) is 1. The van der Waals surface area contributed by atoms with E-state index < -0.39 is 0 Å². The second-order valence-corrected chi connectivity index (χ2v) is 8.33. The van der Waals surface area contributed by atoms with Crippen LogP contribution in [0, 0.1) is 5.92 Å². The third kappa shape index (κ3) is 3.13. The molecule has 3 heterocycles. The maximum atomic E-state index is 12.7. The van der Waals surface area contributed by atoms with Crippen LogP contribution in [0.3, 0.4) is 0 Å². The zero-order chi connectivity index (χ0) is 15.7. The zero-order valence-electron chi connectivity index (χ0n) is 12.4. The van der Waals surface area contributed by atoms with Crippen molar-refractivity contribution < 1.29 is 9.59 Å². The predicted octanol–water partition coefficient (Wildman–Crippen LogP) is 2.82. The van der Waals surface area contributed by atoms with E-state index >= 15 is 0 Å². The molecule has 118 valence electrons. The van der Waals surface area contributed by atoms with Gasteiger partial charge in [0.05, 0.1) is 3.79 Å². The summed E-state index contributed by atoms with van der Waals surface area (Å²) in [6, 6.07) is 2.13. The molecule has 3 rings (SSSR count). The van der Waals surface area contributed by atoms with Gasteiger partial charge in [-0.15, -0.1) is 11.3 Å². The molecule has 0 unspecified atom stereocenters. The van der Waals surface area contributed by atoms with E-state index in [1.54, 1.807) is 16.2 Å². The molecule has 1 aromatic heterocycles. The lowest BCUT2D eigenvalue weighted by molar-refractivity contribution is -0.140. The molecular formula is C16H19BrN2O2S. The lowest BCUT2D eigenvalue weighted by atomic mass is 9.94. The molecule has 6 heteroatoms. The van der Waals surface area contributed by atoms with E-state index in [2.05, 4.69) is 28.6 Å². The Morgan fingerprint density at radius 3 is 2.68 bits per heavy atom. The van der Waals surface area contributed by atoms with Gasteiger partial charge in [-0.25, -0.2) is 0 Å². The first kappa shape index (κ1) is 15.7. The number of carbonyl (C=O) groups is 2. The Morgan fingerprint density at radius 2 is 2.00 bits per heavy atom. The van der Waals surface area contributed by atoms with Crippen molar-refractivity contribution in [1.82, 2.24) is 9.80 Å². The monoisotopic (exact) mass is 382 g/mol. The first-order valence-corrected chi connectivity index (χ1v) is 9.16. The molecule has 0 aliphatic carbocycles. The number of nitrogens with zero attached hydrogens (tertiary/aromatic N) is 2. The summed E-state index contributed by atoms with van der Waals surface area (Å²) in [5.74, 6) is 0.271. The molecule has 0 aromatic carbocycles. The number of carbonyl (C=O) groups excluding carboxylic acids is 2. The molecule has 0 spiro atoms. The van der Waals surface area contributed by atoms with Gasteiger partial charge in [-0.3, -0.25) is 9.59 Å². The quantitative estimate of drug-likeness (QED) is 0.737. The van der Waals surface area contributed by atoms with Gasteiger partial charge in [0, 0.05) is 37.0 Å². The van der Waals surface area contributed by atoms with Gasteiger partial charge in [0.15, 0.2) is 0 Å². The largest absolute Gasteiger partial charge is 0.339 e. The van der Waals surface area contributed by atoms with Gasteiger partial charge >= 0.3 is 0 Å². The summed E-state index contributed by atoms with van der Waals surface area (Å²) in [5.41, 5.74) is 1.27. The SMILES string of the molecule is C=CC(=O)N1CCC(C(=O)N2CCc3sc(Br)cc3C2)CC1. The number of hydrogen-bond donors (Lipinski definition) is 0. The Labute approximate surface area is 142 Å². The number of fused-ring (bicyclic) bond motifs is 1. The van der Waals surface area contributed by atoms with Crippen molar-refractivity contribution >= 4 is 39.1 Å². The maximum absolute atomic E-state index is 12.7. The Morgan fingerprint density at radius 1 is 1.27 bits per heavy atom. The van der Waals surface area contributed by atoms with Crippen LogP contribution < -0.4 is 0 Å². The van der Waals surface area contributed by atoms with Gasteiger partial charge in [-0.05, 0) is 52.9 Å². The summed E-state index contributed by atoms with van der Waals surface area (Å²) in [5, 5.41) is 0. The van der Waals surface area contributed by atoms with E-state index in [1.165, 1.54) is 16.5 Å². The van der Waals surface area contributed by atoms with Crippen molar-refractivity contribution in [2.24, 2.45) is 5.92 Å². The van der Waals surface area contributed by atoms with E-state index in [-0.39, 0.29) is 17.7 Å². The summed E-state index contributed by atoms with van der Waals surface area (Å²) in [6.07, 6.45) is 3.82. The minimum absolute atomic E-state index is 0.0309. The highest BCUT2D eigenvalue weighted by Crippen LogP contribution is 2.32. The van der Waals surface area contributed by atoms with Gasteiger partial charge in [0.25, 0.3) is 0 Å². The fourth-order valence-corrected chi connectivity index (χ4v) is 4.97. The van der Waals surface area contributed by atoms with Crippen LogP contribution in [-0.2, 0) is 22.6 Å². The molecule has 2 aliphatic rings. The highest BCUT2D eigenvalue weighted by Gasteiger charge is 2.31. The first-order chi connectivity index (χ1) is 10.6. The van der Waals surface area contributed by atoms with Crippen LogP contribution in [0.5, 0.6) is 0 Å². The number of hydrogen-bond acceptors (Lipinski definition) is 3. The van der Waals surface area contributed by atoms with E-state index in [4.69, 9.17) is 0 Å². The van der Waals surface area contributed by atoms with Crippen molar-refractivity contribution in [2.75, 3.05) is 19.6 Å². The average molecular weight is 383 g/mol. The molecule has 0 atom stereocenters. The third-order valence-electron chi connectivity index (χ3n) is 4.48. The molecule has 22 heavy (non-hydrogen) atoms. The topological polar surface area (TPSA) is 40.6 Å². The van der Waals surface area contributed by atoms with Crippen LogP contribution in [0.2, 0.25) is 0 Å². The molecule has 2 aliphatic heterocycles. The number of thiophene rings is 1. The molecule has 4 nitrogen and oxygen atoms in total. The van der Waals surface area contributed by atoms with Crippen molar-refractivity contribution in [3.05, 3.63) is 32.9 Å². The minimum atomic E-state index is -0.0309. The van der Waals surface area contributed by atoms with Gasteiger partial charge in [-0.2, -0.15) is 0 Å². The summed E-state index contributed by atoms with van der Waals surface area (Å²) in [4.78, 5) is 29.5. The summed E-state index contributed by atoms with van der Waals surface area (Å²) >= 11 is 5.29. The second kappa shape index (κ2) is 6.54. The number of piperidine rings is 1. The normalized spacial score (nSPS) is 19.0. The molecule has 0 radical (unpaired) electrons. The molecule has 1 saturated heterocycles. The zero-order valence-corrected chi connectivity index (χ0v) is 14.8. The Bertz CT molecular complexity index is 605. The van der Waals surface area contributed by atoms with E-state index in [1.807, 2.05) is 4.90 Å². The van der Waals surface area contributed by atoms with Crippen LogP contribution in [0.4, 0.5) is 0 Å². The molecule has 0 saturated carbocycles. The van der Waals surface area contributed by atoms with Crippen LogP contribution in [0.1, 0.15) is 23.3 Å². The minimum Gasteiger partial charge on any atom is -0.339 e. The lowest BCUT2D eigenvalue weighted by Gasteiger charge is -2.35. The smallest absolute Gasteiger partial charge is 0.245 e. The van der Waals surface area contributed by atoms with Gasteiger partial charge < -0.3 is 9.80 Å². The summed E-state index contributed by atoms with van der Waals surface area (Å²) in [6.45, 7) is 6.37. The third-order valence-corrected chi connectivity index (χ3v) is 6.22. The fraction of sp³-hybridized carbons (Fsp3) is 0.500. The fourth-order valence-electron chi connectivity index (χ4n) is 3.22. The Kier molecular flexibility index (Phi) is 4.68. The lowest BCUT2D eigenvalue weighted by Crippen LogP contribution is -2.45. The van der Waals surface area contributed by atoms with E-state index in [9.17, 15) is 9.59 Å². The number of amides is 2. The van der Waals surface area contributed by atoms with Crippen molar-refractivity contribution in [2.45, 2.75) is 25.8 Å². The van der Waals surface area contributed by atoms with Crippen LogP contribution in [0.25, 0.3) is 0 Å². The maximum Gasteiger partial charge on any atom is 0.245 e. The Balaban J connectivity index is 1.59. The second-order valence-electron chi connectivity index (χ2n) is 5.81. The number of rotatable bonds is 2. The summed E-state index contributed by atoms with van der Waals surface area (Å²) < 4.78 is 1.14. The van der Waals surface area contributed by atoms with Crippen LogP contribution in [0.15, 0.2) is 22.5 Å². The van der Waals surface area contributed by atoms with Crippen molar-refractivity contribution in [1.29, 1.82) is 0 Å². The van der Waals surface area contributed by atoms with Gasteiger partial charge in [0.1, 0.15) is 0 Å². The molecular weight excluding hydrogens is 364 g/mol. The van der Waals surface area contributed by atoms with Crippen LogP contribution in [-0.4, -0.2) is 41.2 Å². The van der Waals surface area contributed by atoms with E-state index in [0.29, 0.717) is 13.1 Å². The predicted molar refractivity (Wildman–Crippen MR) is 90.6 cm³/mol. The standard InChI is InChI=1S/C16H19BrN2O2S/c1-2-15(20)18-6-3-11(4-7-18)16(21)19-8-5-13-12(10-19)9-14(17)22-13/h2,9,11H,1,3-8,10H2. The summed E-state index contributed by atoms with van der Waals surface area (Å²) in [7, 11) is 0. The Hall–Kier alpha value is -1.14. The van der Waals surface area contributed by atoms with Gasteiger partial charge in [0.2, 0.25) is 11.8 Å². The molecule has 0 N–H and O–H groups in total. The highest BCUT2D eigenvalue weighted by atomic mass is 79.9. The van der Waals surface area contributed by atoms with Crippen molar-refractivity contribution in [3.8, 4) is 0 Å². The molecule has 1 aromatic rings.